The lowest BCUT2D eigenvalue weighted by atomic mass is 9.88. The van der Waals surface area contributed by atoms with Crippen LogP contribution in [0.2, 0.25) is 0 Å². The molecule has 0 aromatic rings. The van der Waals surface area contributed by atoms with Gasteiger partial charge in [-0.15, -0.1) is 0 Å². The maximum Gasteiger partial charge on any atom is 0.330 e. The van der Waals surface area contributed by atoms with Crippen molar-refractivity contribution in [1.29, 1.82) is 0 Å². The molecule has 0 aromatic carbocycles. The number of piperazine rings is 1. The van der Waals surface area contributed by atoms with Crippen molar-refractivity contribution in [2.75, 3.05) is 26.2 Å². The molecule has 1 saturated heterocycles. The van der Waals surface area contributed by atoms with E-state index in [1.807, 2.05) is 0 Å². The summed E-state index contributed by atoms with van der Waals surface area (Å²) >= 11 is 0. The highest BCUT2D eigenvalue weighted by molar-refractivity contribution is 6.38. The minimum atomic E-state index is -1.25. The summed E-state index contributed by atoms with van der Waals surface area (Å²) in [5.74, 6) is -3.55. The van der Waals surface area contributed by atoms with Gasteiger partial charge in [-0.3, -0.25) is 9.59 Å². The predicted octanol–water partition coefficient (Wildman–Crippen LogP) is -0.804. The van der Waals surface area contributed by atoms with Crippen molar-refractivity contribution in [1.82, 2.24) is 10.2 Å². The van der Waals surface area contributed by atoms with Crippen molar-refractivity contribution in [2.24, 2.45) is 5.41 Å². The van der Waals surface area contributed by atoms with Gasteiger partial charge in [-0.05, 0) is 13.8 Å². The van der Waals surface area contributed by atoms with E-state index in [-0.39, 0.29) is 19.7 Å². The Kier molecular flexibility index (Phi) is 5.81. The highest BCUT2D eigenvalue weighted by atomic mass is 16.5. The molecule has 0 aromatic heterocycles. The Morgan fingerprint density at radius 3 is 2.59 bits per heavy atom. The first kappa shape index (κ1) is 17.8. The number of nitrogens with one attached hydrogen (secondary N) is 1. The monoisotopic (exact) mass is 312 g/mol. The summed E-state index contributed by atoms with van der Waals surface area (Å²) < 4.78 is 4.81. The van der Waals surface area contributed by atoms with Crippen molar-refractivity contribution in [3.05, 3.63) is 12.7 Å². The normalized spacial score (nSPS) is 18.5. The molecule has 0 radical (unpaired) electrons. The molecule has 1 atom stereocenters. The lowest BCUT2D eigenvalue weighted by Gasteiger charge is -2.34. The quantitative estimate of drug-likeness (QED) is 0.375. The summed E-state index contributed by atoms with van der Waals surface area (Å²) in [6, 6.07) is -1.09. The van der Waals surface area contributed by atoms with Crippen LogP contribution in [0.1, 0.15) is 13.8 Å². The second-order valence-corrected chi connectivity index (χ2v) is 5.58. The molecule has 0 spiro atoms. The second kappa shape index (κ2) is 7.17. The molecule has 0 bridgehead atoms. The maximum absolute atomic E-state index is 12.3. The number of carbonyl (C=O) groups excluding carboxylic acids is 3. The maximum atomic E-state index is 12.3. The van der Waals surface area contributed by atoms with Gasteiger partial charge in [-0.2, -0.15) is 0 Å². The van der Waals surface area contributed by atoms with Gasteiger partial charge < -0.3 is 20.1 Å². The third kappa shape index (κ3) is 4.14. The number of ketones is 1. The van der Waals surface area contributed by atoms with Crippen LogP contribution in [-0.2, 0) is 23.9 Å². The molecule has 1 aliphatic heterocycles. The molecule has 1 unspecified atom stereocenters. The van der Waals surface area contributed by atoms with Crippen LogP contribution >= 0.6 is 0 Å². The minimum absolute atomic E-state index is 0.0836. The van der Waals surface area contributed by atoms with Crippen LogP contribution in [-0.4, -0.2) is 65.9 Å². The Labute approximate surface area is 128 Å². The van der Waals surface area contributed by atoms with Crippen molar-refractivity contribution in [3.8, 4) is 0 Å². The summed E-state index contributed by atoms with van der Waals surface area (Å²) in [7, 11) is 0. The van der Waals surface area contributed by atoms with Crippen LogP contribution in [0.5, 0.6) is 0 Å². The number of nitrogens with zero attached hydrogens (tertiary/aromatic N) is 1. The number of carboxylic acids is 1. The molecule has 0 aliphatic carbocycles. The number of amides is 1. The van der Waals surface area contributed by atoms with Gasteiger partial charge in [0.2, 0.25) is 5.78 Å². The molecule has 122 valence electrons. The van der Waals surface area contributed by atoms with Gasteiger partial charge in [-0.25, -0.2) is 9.59 Å². The first-order valence-electron chi connectivity index (χ1n) is 6.79. The van der Waals surface area contributed by atoms with E-state index in [4.69, 9.17) is 9.84 Å². The number of carboxylic acid groups (broad SMARTS) is 1. The fraction of sp³-hybridized carbons (Fsp3) is 0.571. The van der Waals surface area contributed by atoms with E-state index in [1.54, 1.807) is 0 Å². The van der Waals surface area contributed by atoms with Crippen LogP contribution in [0.3, 0.4) is 0 Å². The number of ether oxygens (including phenoxy) is 1. The summed E-state index contributed by atoms with van der Waals surface area (Å²) in [5.41, 5.74) is -1.25. The first-order chi connectivity index (χ1) is 10.2. The van der Waals surface area contributed by atoms with Crippen LogP contribution in [0.25, 0.3) is 0 Å². The van der Waals surface area contributed by atoms with Crippen molar-refractivity contribution in [2.45, 2.75) is 19.9 Å². The average Bonchev–Trinajstić information content (AvgIpc) is 2.51. The third-order valence-electron chi connectivity index (χ3n) is 3.34. The van der Waals surface area contributed by atoms with E-state index < -0.39 is 35.1 Å². The summed E-state index contributed by atoms with van der Waals surface area (Å²) in [5, 5.41) is 12.0. The summed E-state index contributed by atoms with van der Waals surface area (Å²) in [4.78, 5) is 47.9. The lowest BCUT2D eigenvalue weighted by Crippen LogP contribution is -2.59. The smallest absolute Gasteiger partial charge is 0.330 e. The molecule has 1 rings (SSSR count). The zero-order chi connectivity index (χ0) is 16.9. The van der Waals surface area contributed by atoms with E-state index in [9.17, 15) is 19.2 Å². The number of hydrogen-bond donors (Lipinski definition) is 2. The van der Waals surface area contributed by atoms with E-state index in [0.29, 0.717) is 6.54 Å². The van der Waals surface area contributed by atoms with Gasteiger partial charge in [0.05, 0.1) is 5.41 Å². The highest BCUT2D eigenvalue weighted by Crippen LogP contribution is 2.20. The number of Topliss-reactive ketones (excluding diaryl/α,β-unsaturated/α-hetero) is 1. The van der Waals surface area contributed by atoms with Gasteiger partial charge in [0.25, 0.3) is 5.91 Å². The number of rotatable bonds is 6. The number of hydrogen-bond acceptors (Lipinski definition) is 6. The molecule has 1 fully saturated rings. The largest absolute Gasteiger partial charge is 0.480 e. The zero-order valence-electron chi connectivity index (χ0n) is 12.6. The van der Waals surface area contributed by atoms with Gasteiger partial charge in [0, 0.05) is 25.7 Å². The van der Waals surface area contributed by atoms with Crippen LogP contribution in [0, 0.1) is 5.41 Å². The molecule has 0 saturated carbocycles. The SMILES string of the molecule is C=CC(=O)OCC(C)(C)C(=O)C(=O)N1CCNCC1C(=O)O. The van der Waals surface area contributed by atoms with E-state index in [0.717, 1.165) is 11.0 Å². The lowest BCUT2D eigenvalue weighted by molar-refractivity contribution is -0.159. The standard InChI is InChI=1S/C14H20N2O6/c1-4-10(17)22-8-14(2,3)11(18)12(19)16-6-5-15-7-9(16)13(20)21/h4,9,15H,1,5-8H2,2-3H3,(H,20,21). The van der Waals surface area contributed by atoms with Crippen LogP contribution < -0.4 is 5.32 Å². The van der Waals surface area contributed by atoms with Gasteiger partial charge in [0.15, 0.2) is 0 Å². The second-order valence-electron chi connectivity index (χ2n) is 5.58. The Morgan fingerprint density at radius 2 is 2.05 bits per heavy atom. The fourth-order valence-corrected chi connectivity index (χ4v) is 1.96. The number of aliphatic carboxylic acids is 1. The highest BCUT2D eigenvalue weighted by Gasteiger charge is 2.41. The summed E-state index contributed by atoms with van der Waals surface area (Å²) in [6.07, 6.45) is 0.957. The molecule has 1 aliphatic rings. The van der Waals surface area contributed by atoms with Crippen molar-refractivity contribution < 1.29 is 29.0 Å². The molecule has 1 amide bonds. The number of carbonyl (C=O) groups is 4. The molecular formula is C14H20N2O6. The Hall–Kier alpha value is -2.22. The Balaban J connectivity index is 2.81. The summed E-state index contributed by atoms with van der Waals surface area (Å²) in [6.45, 7) is 6.50. The van der Waals surface area contributed by atoms with Crippen LogP contribution in [0.4, 0.5) is 0 Å². The van der Waals surface area contributed by atoms with E-state index in [2.05, 4.69) is 11.9 Å². The third-order valence-corrected chi connectivity index (χ3v) is 3.34. The molecule has 8 heteroatoms. The van der Waals surface area contributed by atoms with Gasteiger partial charge >= 0.3 is 11.9 Å². The van der Waals surface area contributed by atoms with Crippen molar-refractivity contribution in [3.63, 3.8) is 0 Å². The topological polar surface area (TPSA) is 113 Å². The fourth-order valence-electron chi connectivity index (χ4n) is 1.96. The average molecular weight is 312 g/mol. The predicted molar refractivity (Wildman–Crippen MR) is 76.0 cm³/mol. The molecule has 22 heavy (non-hydrogen) atoms. The first-order valence-corrected chi connectivity index (χ1v) is 6.79. The Bertz CT molecular complexity index is 500. The van der Waals surface area contributed by atoms with E-state index in [1.165, 1.54) is 13.8 Å². The molecule has 2 N–H and O–H groups in total. The van der Waals surface area contributed by atoms with E-state index >= 15 is 0 Å². The van der Waals surface area contributed by atoms with Gasteiger partial charge in [-0.1, -0.05) is 6.58 Å². The zero-order valence-corrected chi connectivity index (χ0v) is 12.6. The molecule has 8 nitrogen and oxygen atoms in total. The minimum Gasteiger partial charge on any atom is -0.480 e. The number of esters is 1. The molecular weight excluding hydrogens is 292 g/mol. The Morgan fingerprint density at radius 1 is 1.41 bits per heavy atom. The van der Waals surface area contributed by atoms with Crippen molar-refractivity contribution >= 4 is 23.6 Å². The van der Waals surface area contributed by atoms with Crippen LogP contribution in [0.15, 0.2) is 12.7 Å². The molecule has 1 heterocycles. The van der Waals surface area contributed by atoms with Gasteiger partial charge in [0.1, 0.15) is 12.6 Å².